The van der Waals surface area contributed by atoms with Gasteiger partial charge in [0.25, 0.3) is 0 Å². The number of nitrogens with two attached hydrogens (primary N) is 1. The summed E-state index contributed by atoms with van der Waals surface area (Å²) in [6.45, 7) is 8.67. The van der Waals surface area contributed by atoms with Gasteiger partial charge in [0, 0.05) is 63.3 Å². The van der Waals surface area contributed by atoms with Gasteiger partial charge in [0.2, 0.25) is 5.79 Å². The lowest BCUT2D eigenvalue weighted by Gasteiger charge is -2.42. The third kappa shape index (κ3) is 6.93. The topological polar surface area (TPSA) is 131 Å². The van der Waals surface area contributed by atoms with Crippen LogP contribution < -0.4 is 26.0 Å². The fourth-order valence-corrected chi connectivity index (χ4v) is 7.66. The van der Waals surface area contributed by atoms with Gasteiger partial charge in [-0.15, -0.1) is 13.2 Å². The minimum atomic E-state index is -4.99. The van der Waals surface area contributed by atoms with E-state index < -0.39 is 33.0 Å². The monoisotopic (exact) mass is 674 g/mol. The third-order valence-corrected chi connectivity index (χ3v) is 11.4. The Bertz CT molecular complexity index is 1730. The van der Waals surface area contributed by atoms with Gasteiger partial charge in [-0.3, -0.25) is 10.6 Å². The number of aromatic amines is 1. The Labute approximate surface area is 272 Å². The van der Waals surface area contributed by atoms with Crippen molar-refractivity contribution >= 4 is 32.7 Å². The summed E-state index contributed by atoms with van der Waals surface area (Å²) < 4.78 is 72.3. The fraction of sp³-hybridized carbons (Fsp3) is 0.469. The van der Waals surface area contributed by atoms with E-state index in [0.717, 1.165) is 39.0 Å². The van der Waals surface area contributed by atoms with Crippen molar-refractivity contribution in [1.29, 1.82) is 0 Å². The molecule has 0 amide bonds. The van der Waals surface area contributed by atoms with Crippen LogP contribution in [0.4, 0.5) is 30.2 Å². The molecule has 4 heterocycles. The first-order chi connectivity index (χ1) is 22.2. The van der Waals surface area contributed by atoms with Gasteiger partial charge in [-0.2, -0.15) is 0 Å². The number of H-pyrrole nitrogens is 1. The molecule has 0 spiro atoms. The lowest BCUT2D eigenvalue weighted by atomic mass is 10.00. The van der Waals surface area contributed by atoms with Crippen molar-refractivity contribution in [3.8, 4) is 5.75 Å². The van der Waals surface area contributed by atoms with Crippen molar-refractivity contribution in [2.45, 2.75) is 55.0 Å². The van der Waals surface area contributed by atoms with Gasteiger partial charge in [-0.05, 0) is 64.1 Å². The predicted octanol–water partition coefficient (Wildman–Crippen LogP) is 4.37. The van der Waals surface area contributed by atoms with E-state index in [0.29, 0.717) is 36.2 Å². The Hall–Kier alpha value is -3.79. The zero-order valence-corrected chi connectivity index (χ0v) is 27.5. The van der Waals surface area contributed by atoms with Gasteiger partial charge in [-0.1, -0.05) is 12.1 Å². The van der Waals surface area contributed by atoms with E-state index in [4.69, 9.17) is 5.73 Å². The van der Waals surface area contributed by atoms with E-state index >= 15 is 0 Å². The smallest absolute Gasteiger partial charge is 0.405 e. The molecule has 3 aliphatic rings. The van der Waals surface area contributed by atoms with Crippen LogP contribution in [0.25, 0.3) is 0 Å². The molecule has 1 unspecified atom stereocenters. The van der Waals surface area contributed by atoms with E-state index in [1.165, 1.54) is 18.2 Å². The minimum absolute atomic E-state index is 0.0415. The largest absolute Gasteiger partial charge is 0.573 e. The second-order valence-corrected chi connectivity index (χ2v) is 15.1. The van der Waals surface area contributed by atoms with Crippen LogP contribution in [-0.4, -0.2) is 93.0 Å². The summed E-state index contributed by atoms with van der Waals surface area (Å²) in [6.07, 6.45) is -1.54. The number of hydrogen-bond donors (Lipinski definition) is 4. The number of aromatic nitrogens is 1. The highest BCUT2D eigenvalue weighted by molar-refractivity contribution is 7.92. The molecule has 6 rings (SSSR count). The molecule has 2 fully saturated rings. The molecule has 2 aromatic carbocycles. The normalized spacial score (nSPS) is 21.7. The van der Waals surface area contributed by atoms with Crippen LogP contribution in [0.3, 0.4) is 0 Å². The number of piperazine rings is 1. The molecule has 2 saturated heterocycles. The van der Waals surface area contributed by atoms with Crippen molar-refractivity contribution in [3.63, 3.8) is 0 Å². The Kier molecular flexibility index (Phi) is 8.93. The SMILES string of the molecule is CC(C)S(=O)(=O)c1ccccc1NC1=NC(N)(c2ccc(N3CCC(N4CCN(C)CC4)CC3)cc2OC(F)(F)F)Nc2cc[nH]c21. The maximum Gasteiger partial charge on any atom is 0.573 e. The Morgan fingerprint density at radius 2 is 1.74 bits per heavy atom. The summed E-state index contributed by atoms with van der Waals surface area (Å²) in [5, 5.41) is 5.45. The number of anilines is 3. The number of halogens is 3. The number of likely N-dealkylation sites (N-methyl/N-ethyl adjacent to an activating group) is 1. The molecule has 0 radical (unpaired) electrons. The summed E-state index contributed by atoms with van der Waals surface area (Å²) in [4.78, 5) is 14.7. The Morgan fingerprint density at radius 1 is 1.04 bits per heavy atom. The maximum atomic E-state index is 13.8. The molecule has 5 N–H and O–H groups in total. The number of piperidine rings is 1. The van der Waals surface area contributed by atoms with Crippen LogP contribution >= 0.6 is 0 Å². The highest BCUT2D eigenvalue weighted by atomic mass is 32.2. The standard InChI is InChI=1S/C32H41F3N8O3S/c1-21(2)47(44,45)28-7-5-4-6-25(28)38-30-29-26(10-13-37-29)39-31(36,40-30)24-9-8-23(20-27(24)46-32(33,34)35)42-14-11-22(12-15-42)43-18-16-41(3)17-19-43/h4-10,13,20-22,37,39H,11-12,14-19,36H2,1-3H3,(H,38,40). The molecule has 3 aliphatic heterocycles. The van der Waals surface area contributed by atoms with Gasteiger partial charge in [-0.25, -0.2) is 13.4 Å². The first kappa shape index (κ1) is 33.1. The number of alkyl halides is 3. The Balaban J connectivity index is 1.31. The molecular formula is C32H41F3N8O3S. The second kappa shape index (κ2) is 12.7. The van der Waals surface area contributed by atoms with Crippen LogP contribution in [-0.2, 0) is 15.6 Å². The number of sulfone groups is 1. The number of para-hydroxylation sites is 1. The highest BCUT2D eigenvalue weighted by Crippen LogP contribution is 2.40. The molecule has 3 aromatic rings. The third-order valence-electron chi connectivity index (χ3n) is 9.15. The van der Waals surface area contributed by atoms with Gasteiger partial charge >= 0.3 is 6.36 Å². The van der Waals surface area contributed by atoms with Gasteiger partial charge in [0.15, 0.2) is 15.7 Å². The number of fused-ring (bicyclic) bond motifs is 1. The van der Waals surface area contributed by atoms with E-state index in [1.54, 1.807) is 50.4 Å². The van der Waals surface area contributed by atoms with Crippen LogP contribution in [0.5, 0.6) is 5.75 Å². The predicted molar refractivity (Wildman–Crippen MR) is 177 cm³/mol. The highest BCUT2D eigenvalue weighted by Gasteiger charge is 2.40. The average molecular weight is 675 g/mol. The molecule has 1 atom stereocenters. The van der Waals surface area contributed by atoms with Gasteiger partial charge in [0.05, 0.1) is 27.1 Å². The number of nitrogens with one attached hydrogen (secondary N) is 3. The zero-order chi connectivity index (χ0) is 33.6. The number of rotatable bonds is 7. The second-order valence-electron chi connectivity index (χ2n) is 12.6. The first-order valence-corrected chi connectivity index (χ1v) is 17.3. The van der Waals surface area contributed by atoms with Crippen LogP contribution in [0.15, 0.2) is 64.6 Å². The molecule has 1 aromatic heterocycles. The van der Waals surface area contributed by atoms with E-state index in [2.05, 4.69) is 47.1 Å². The summed E-state index contributed by atoms with van der Waals surface area (Å²) in [6, 6.07) is 13.1. The quantitative estimate of drug-likeness (QED) is 0.289. The van der Waals surface area contributed by atoms with E-state index in [1.807, 2.05) is 0 Å². The number of benzene rings is 2. The summed E-state index contributed by atoms with van der Waals surface area (Å²) in [5.41, 5.74) is 8.52. The lowest BCUT2D eigenvalue weighted by molar-refractivity contribution is -0.275. The summed E-state index contributed by atoms with van der Waals surface area (Å²) >= 11 is 0. The van der Waals surface area contributed by atoms with Crippen molar-refractivity contribution in [2.75, 3.05) is 61.8 Å². The number of amidine groups is 1. The molecule has 11 nitrogen and oxygen atoms in total. The zero-order valence-electron chi connectivity index (χ0n) is 26.6. The fourth-order valence-electron chi connectivity index (χ4n) is 6.46. The number of aliphatic imine (C=N–C) groups is 1. The van der Waals surface area contributed by atoms with Gasteiger partial charge in [0.1, 0.15) is 11.4 Å². The molecule has 47 heavy (non-hydrogen) atoms. The van der Waals surface area contributed by atoms with E-state index in [-0.39, 0.29) is 22.0 Å². The number of ether oxygens (including phenoxy) is 1. The van der Waals surface area contributed by atoms with Crippen LogP contribution in [0.1, 0.15) is 37.9 Å². The van der Waals surface area contributed by atoms with Crippen LogP contribution in [0, 0.1) is 0 Å². The summed E-state index contributed by atoms with van der Waals surface area (Å²) in [7, 11) is -1.56. The average Bonchev–Trinajstić information content (AvgIpc) is 3.49. The lowest BCUT2D eigenvalue weighted by Crippen LogP contribution is -2.52. The van der Waals surface area contributed by atoms with Crippen molar-refractivity contribution in [2.24, 2.45) is 10.7 Å². The molecule has 254 valence electrons. The van der Waals surface area contributed by atoms with Crippen molar-refractivity contribution < 1.29 is 26.3 Å². The number of nitrogens with zero attached hydrogens (tertiary/aromatic N) is 4. The van der Waals surface area contributed by atoms with Crippen LogP contribution in [0.2, 0.25) is 0 Å². The van der Waals surface area contributed by atoms with Crippen molar-refractivity contribution in [1.82, 2.24) is 14.8 Å². The summed E-state index contributed by atoms with van der Waals surface area (Å²) in [5.74, 6) is -2.24. The number of hydrogen-bond acceptors (Lipinski definition) is 10. The molecular weight excluding hydrogens is 633 g/mol. The first-order valence-electron chi connectivity index (χ1n) is 15.8. The Morgan fingerprint density at radius 3 is 2.43 bits per heavy atom. The van der Waals surface area contributed by atoms with Crippen molar-refractivity contribution in [3.05, 3.63) is 66.0 Å². The minimum Gasteiger partial charge on any atom is -0.405 e. The maximum absolute atomic E-state index is 13.8. The molecule has 15 heteroatoms. The van der Waals surface area contributed by atoms with E-state index in [9.17, 15) is 21.6 Å². The van der Waals surface area contributed by atoms with Gasteiger partial charge < -0.3 is 30.2 Å². The molecule has 0 aliphatic carbocycles. The molecule has 0 saturated carbocycles. The molecule has 0 bridgehead atoms.